The molecular weight excluding hydrogens is 382 g/mol. The van der Waals surface area contributed by atoms with E-state index in [4.69, 9.17) is 10.7 Å². The quantitative estimate of drug-likeness (QED) is 0.531. The lowest BCUT2D eigenvalue weighted by molar-refractivity contribution is 0.509. The van der Waals surface area contributed by atoms with Crippen molar-refractivity contribution in [3.05, 3.63) is 43.0 Å². The highest BCUT2D eigenvalue weighted by molar-refractivity contribution is 7.98. The minimum absolute atomic E-state index is 0.315. The molecule has 0 amide bonds. The van der Waals surface area contributed by atoms with Gasteiger partial charge < -0.3 is 5.73 Å². The first kappa shape index (κ1) is 18.2. The van der Waals surface area contributed by atoms with Gasteiger partial charge in [0.05, 0.1) is 5.39 Å². The standard InChI is InChI=1S/C18H21N5O2S2/c1-9-4-5-11-12(6-9)27-16-14(11)15(19)20-17(21-16)26-8-10-7-13(24)23(3)18(25)22(10)2/h7,9H,4-6,8H2,1-3H3,(H2,19,20,21). The Morgan fingerprint density at radius 3 is 2.85 bits per heavy atom. The van der Waals surface area contributed by atoms with E-state index >= 15 is 0 Å². The summed E-state index contributed by atoms with van der Waals surface area (Å²) in [6, 6.07) is 1.47. The number of nitrogens with two attached hydrogens (primary N) is 1. The number of hydrogen-bond acceptors (Lipinski definition) is 7. The molecule has 0 fully saturated rings. The van der Waals surface area contributed by atoms with Crippen molar-refractivity contribution in [2.24, 2.45) is 20.0 Å². The van der Waals surface area contributed by atoms with E-state index in [1.54, 1.807) is 18.4 Å². The number of nitrogens with zero attached hydrogens (tertiary/aromatic N) is 4. The topological polar surface area (TPSA) is 95.8 Å². The van der Waals surface area contributed by atoms with Gasteiger partial charge in [-0.15, -0.1) is 11.3 Å². The second kappa shape index (κ2) is 6.79. The number of anilines is 1. The number of aromatic nitrogens is 4. The predicted molar refractivity (Wildman–Crippen MR) is 110 cm³/mol. The van der Waals surface area contributed by atoms with Crippen LogP contribution in [-0.4, -0.2) is 19.1 Å². The lowest BCUT2D eigenvalue weighted by Gasteiger charge is -2.17. The highest BCUT2D eigenvalue weighted by Crippen LogP contribution is 2.40. The molecule has 3 heterocycles. The summed E-state index contributed by atoms with van der Waals surface area (Å²) in [5, 5.41) is 1.58. The van der Waals surface area contributed by atoms with Crippen molar-refractivity contribution in [3.8, 4) is 0 Å². The van der Waals surface area contributed by atoms with Gasteiger partial charge in [0.25, 0.3) is 5.56 Å². The third-order valence-electron chi connectivity index (χ3n) is 5.14. The fourth-order valence-electron chi connectivity index (χ4n) is 3.47. The van der Waals surface area contributed by atoms with Crippen LogP contribution in [0.25, 0.3) is 10.2 Å². The van der Waals surface area contributed by atoms with E-state index in [9.17, 15) is 9.59 Å². The van der Waals surface area contributed by atoms with Crippen molar-refractivity contribution in [1.82, 2.24) is 19.1 Å². The Morgan fingerprint density at radius 2 is 2.07 bits per heavy atom. The summed E-state index contributed by atoms with van der Waals surface area (Å²) in [5.74, 6) is 1.64. The Labute approximate surface area is 164 Å². The Bertz CT molecular complexity index is 1160. The molecule has 9 heteroatoms. The van der Waals surface area contributed by atoms with Crippen molar-refractivity contribution in [3.63, 3.8) is 0 Å². The van der Waals surface area contributed by atoms with E-state index in [-0.39, 0.29) is 11.2 Å². The highest BCUT2D eigenvalue weighted by atomic mass is 32.2. The Morgan fingerprint density at radius 1 is 1.30 bits per heavy atom. The molecule has 4 rings (SSSR count). The third kappa shape index (κ3) is 3.19. The Hall–Kier alpha value is -2.13. The van der Waals surface area contributed by atoms with E-state index in [1.165, 1.54) is 46.3 Å². The number of aryl methyl sites for hydroxylation is 1. The molecule has 1 unspecified atom stereocenters. The SMILES string of the molecule is CC1CCc2c(sc3nc(SCc4cc(=O)n(C)c(=O)n4C)nc(N)c23)C1. The molecule has 7 nitrogen and oxygen atoms in total. The summed E-state index contributed by atoms with van der Waals surface area (Å²) < 4.78 is 2.56. The van der Waals surface area contributed by atoms with E-state index in [0.717, 1.165) is 27.6 Å². The predicted octanol–water partition coefficient (Wildman–Crippen LogP) is 2.09. The van der Waals surface area contributed by atoms with Gasteiger partial charge in [0.1, 0.15) is 10.6 Å². The third-order valence-corrected chi connectivity index (χ3v) is 7.17. The second-order valence-corrected chi connectivity index (χ2v) is 9.11. The van der Waals surface area contributed by atoms with Gasteiger partial charge in [-0.2, -0.15) is 0 Å². The molecule has 1 aliphatic carbocycles. The van der Waals surface area contributed by atoms with E-state index in [1.807, 2.05) is 0 Å². The van der Waals surface area contributed by atoms with Crippen molar-refractivity contribution in [1.29, 1.82) is 0 Å². The van der Waals surface area contributed by atoms with Crippen LogP contribution in [0.15, 0.2) is 20.8 Å². The second-order valence-electron chi connectivity index (χ2n) is 7.09. The van der Waals surface area contributed by atoms with Gasteiger partial charge in [-0.1, -0.05) is 18.7 Å². The van der Waals surface area contributed by atoms with Crippen LogP contribution < -0.4 is 17.0 Å². The van der Waals surface area contributed by atoms with Crippen LogP contribution in [0, 0.1) is 5.92 Å². The van der Waals surface area contributed by atoms with Gasteiger partial charge >= 0.3 is 5.69 Å². The fourth-order valence-corrected chi connectivity index (χ4v) is 5.79. The van der Waals surface area contributed by atoms with Crippen LogP contribution in [-0.2, 0) is 32.7 Å². The van der Waals surface area contributed by atoms with Gasteiger partial charge in [0, 0.05) is 36.5 Å². The molecule has 0 radical (unpaired) electrons. The molecule has 142 valence electrons. The molecule has 1 aliphatic rings. The number of fused-ring (bicyclic) bond motifs is 3. The zero-order valence-electron chi connectivity index (χ0n) is 15.5. The van der Waals surface area contributed by atoms with Gasteiger partial charge in [-0.25, -0.2) is 14.8 Å². The van der Waals surface area contributed by atoms with Crippen molar-refractivity contribution >= 4 is 39.1 Å². The molecule has 0 saturated carbocycles. The van der Waals surface area contributed by atoms with Gasteiger partial charge in [0.15, 0.2) is 5.16 Å². The first-order valence-corrected chi connectivity index (χ1v) is 10.6. The maximum atomic E-state index is 12.1. The number of hydrogen-bond donors (Lipinski definition) is 1. The maximum Gasteiger partial charge on any atom is 0.330 e. The van der Waals surface area contributed by atoms with E-state index < -0.39 is 0 Å². The normalized spacial score (nSPS) is 16.6. The fraction of sp³-hybridized carbons (Fsp3) is 0.444. The summed E-state index contributed by atoms with van der Waals surface area (Å²) >= 11 is 3.09. The molecule has 0 aliphatic heterocycles. The van der Waals surface area contributed by atoms with Crippen LogP contribution in [0.3, 0.4) is 0 Å². The highest BCUT2D eigenvalue weighted by Gasteiger charge is 2.23. The molecule has 0 bridgehead atoms. The van der Waals surface area contributed by atoms with Crippen LogP contribution in [0.2, 0.25) is 0 Å². The van der Waals surface area contributed by atoms with Crippen LogP contribution in [0.5, 0.6) is 0 Å². The largest absolute Gasteiger partial charge is 0.383 e. The van der Waals surface area contributed by atoms with Crippen LogP contribution >= 0.6 is 23.1 Å². The molecule has 2 N–H and O–H groups in total. The summed E-state index contributed by atoms with van der Waals surface area (Å²) in [7, 11) is 3.13. The van der Waals surface area contributed by atoms with E-state index in [0.29, 0.717) is 28.3 Å². The molecule has 0 aromatic carbocycles. The molecule has 27 heavy (non-hydrogen) atoms. The number of thioether (sulfide) groups is 1. The Kier molecular flexibility index (Phi) is 4.59. The summed E-state index contributed by atoms with van der Waals surface area (Å²) in [6.07, 6.45) is 3.28. The zero-order chi connectivity index (χ0) is 19.3. The average Bonchev–Trinajstić information content (AvgIpc) is 2.99. The molecule has 1 atom stereocenters. The molecule has 0 spiro atoms. The molecular formula is C18H21N5O2S2. The minimum atomic E-state index is -0.339. The number of rotatable bonds is 3. The van der Waals surface area contributed by atoms with Gasteiger partial charge in [-0.3, -0.25) is 13.9 Å². The Balaban J connectivity index is 1.66. The molecule has 3 aromatic heterocycles. The zero-order valence-corrected chi connectivity index (χ0v) is 17.1. The average molecular weight is 404 g/mol. The van der Waals surface area contributed by atoms with Crippen molar-refractivity contribution in [2.45, 2.75) is 37.1 Å². The van der Waals surface area contributed by atoms with Crippen molar-refractivity contribution < 1.29 is 0 Å². The first-order valence-electron chi connectivity index (χ1n) is 8.81. The minimum Gasteiger partial charge on any atom is -0.383 e. The van der Waals surface area contributed by atoms with Crippen LogP contribution in [0.1, 0.15) is 29.5 Å². The van der Waals surface area contributed by atoms with Crippen LogP contribution in [0.4, 0.5) is 5.82 Å². The maximum absolute atomic E-state index is 12.1. The summed E-state index contributed by atoms with van der Waals surface area (Å²) in [4.78, 5) is 35.4. The number of nitrogen functional groups attached to an aromatic ring is 1. The monoisotopic (exact) mass is 403 g/mol. The van der Waals surface area contributed by atoms with E-state index in [2.05, 4.69) is 11.9 Å². The van der Waals surface area contributed by atoms with Gasteiger partial charge in [-0.05, 0) is 30.7 Å². The first-order chi connectivity index (χ1) is 12.8. The summed E-state index contributed by atoms with van der Waals surface area (Å²) in [6.45, 7) is 2.28. The van der Waals surface area contributed by atoms with Crippen molar-refractivity contribution in [2.75, 3.05) is 5.73 Å². The lowest BCUT2D eigenvalue weighted by Crippen LogP contribution is -2.37. The summed E-state index contributed by atoms with van der Waals surface area (Å²) in [5.41, 5.74) is 7.56. The number of thiophene rings is 1. The molecule has 0 saturated heterocycles. The lowest BCUT2D eigenvalue weighted by atomic mass is 9.89. The van der Waals surface area contributed by atoms with Gasteiger partial charge in [0.2, 0.25) is 0 Å². The molecule has 3 aromatic rings. The smallest absolute Gasteiger partial charge is 0.330 e.